The van der Waals surface area contributed by atoms with Crippen molar-refractivity contribution in [2.24, 2.45) is 0 Å². The van der Waals surface area contributed by atoms with Gasteiger partial charge in [-0.2, -0.15) is 11.3 Å². The topological polar surface area (TPSA) is 54.0 Å². The van der Waals surface area contributed by atoms with E-state index in [2.05, 4.69) is 21.0 Å². The molecular formula is C16H15N3OS. The van der Waals surface area contributed by atoms with E-state index < -0.39 is 0 Å². The summed E-state index contributed by atoms with van der Waals surface area (Å²) in [6.45, 7) is 1.00. The number of fused-ring (bicyclic) bond motifs is 1. The Balaban J connectivity index is 1.55. The zero-order valence-corrected chi connectivity index (χ0v) is 12.2. The van der Waals surface area contributed by atoms with Crippen molar-refractivity contribution in [3.63, 3.8) is 0 Å². The lowest BCUT2D eigenvalue weighted by atomic mass is 10.1. The summed E-state index contributed by atoms with van der Waals surface area (Å²) in [7, 11) is 0. The van der Waals surface area contributed by atoms with Gasteiger partial charge in [-0.3, -0.25) is 9.78 Å². The van der Waals surface area contributed by atoms with Crippen LogP contribution >= 0.6 is 11.3 Å². The second-order valence-corrected chi connectivity index (χ2v) is 5.50. The number of nitrogens with one attached hydrogen (secondary N) is 2. The van der Waals surface area contributed by atoms with Crippen LogP contribution in [0.15, 0.2) is 53.5 Å². The average Bonchev–Trinajstić information content (AvgIpc) is 3.00. The summed E-state index contributed by atoms with van der Waals surface area (Å²) < 4.78 is 0. The van der Waals surface area contributed by atoms with Crippen molar-refractivity contribution >= 4 is 33.7 Å². The van der Waals surface area contributed by atoms with Crippen LogP contribution in [0.3, 0.4) is 0 Å². The van der Waals surface area contributed by atoms with E-state index in [0.29, 0.717) is 13.1 Å². The third-order valence-electron chi connectivity index (χ3n) is 3.12. The SMILES string of the molecule is O=C(CNCc1ccsc1)Nc1ccc2cnccc2c1. The fraction of sp³-hybridized carbons (Fsp3) is 0.125. The highest BCUT2D eigenvalue weighted by Gasteiger charge is 2.03. The van der Waals surface area contributed by atoms with Crippen molar-refractivity contribution in [3.05, 3.63) is 59.0 Å². The number of hydrogen-bond donors (Lipinski definition) is 2. The Hall–Kier alpha value is -2.24. The highest BCUT2D eigenvalue weighted by atomic mass is 32.1. The molecular weight excluding hydrogens is 282 g/mol. The van der Waals surface area contributed by atoms with E-state index in [-0.39, 0.29) is 5.91 Å². The minimum atomic E-state index is -0.0429. The van der Waals surface area contributed by atoms with Gasteiger partial charge in [-0.05, 0) is 46.0 Å². The summed E-state index contributed by atoms with van der Waals surface area (Å²) in [5, 5.41) is 12.3. The molecule has 0 spiro atoms. The van der Waals surface area contributed by atoms with Crippen molar-refractivity contribution in [2.75, 3.05) is 11.9 Å². The Morgan fingerprint density at radius 1 is 1.19 bits per heavy atom. The molecule has 21 heavy (non-hydrogen) atoms. The molecule has 0 unspecified atom stereocenters. The van der Waals surface area contributed by atoms with E-state index >= 15 is 0 Å². The molecule has 0 saturated heterocycles. The lowest BCUT2D eigenvalue weighted by molar-refractivity contribution is -0.115. The molecule has 0 atom stereocenters. The number of amides is 1. The van der Waals surface area contributed by atoms with Crippen LogP contribution in [0.25, 0.3) is 10.8 Å². The number of benzene rings is 1. The molecule has 4 nitrogen and oxygen atoms in total. The normalized spacial score (nSPS) is 10.7. The van der Waals surface area contributed by atoms with Crippen LogP contribution in [0.4, 0.5) is 5.69 Å². The Morgan fingerprint density at radius 3 is 3.00 bits per heavy atom. The fourth-order valence-electron chi connectivity index (χ4n) is 2.08. The Bertz CT molecular complexity index is 740. The van der Waals surface area contributed by atoms with Crippen molar-refractivity contribution < 1.29 is 4.79 Å². The number of rotatable bonds is 5. The summed E-state index contributed by atoms with van der Waals surface area (Å²) >= 11 is 1.66. The van der Waals surface area contributed by atoms with Crippen LogP contribution in [0.5, 0.6) is 0 Å². The van der Waals surface area contributed by atoms with Crippen LogP contribution in [0.1, 0.15) is 5.56 Å². The van der Waals surface area contributed by atoms with Crippen molar-refractivity contribution in [3.8, 4) is 0 Å². The van der Waals surface area contributed by atoms with Gasteiger partial charge in [0, 0.05) is 30.0 Å². The molecule has 0 aliphatic carbocycles. The van der Waals surface area contributed by atoms with Gasteiger partial charge in [0.25, 0.3) is 0 Å². The summed E-state index contributed by atoms with van der Waals surface area (Å²) in [5.74, 6) is -0.0429. The van der Waals surface area contributed by atoms with Crippen LogP contribution in [0, 0.1) is 0 Å². The second kappa shape index (κ2) is 6.47. The van der Waals surface area contributed by atoms with Gasteiger partial charge in [-0.25, -0.2) is 0 Å². The molecule has 0 fully saturated rings. The lowest BCUT2D eigenvalue weighted by Gasteiger charge is -2.07. The first-order chi connectivity index (χ1) is 10.3. The summed E-state index contributed by atoms with van der Waals surface area (Å²) in [4.78, 5) is 16.0. The van der Waals surface area contributed by atoms with E-state index in [1.54, 1.807) is 17.5 Å². The second-order valence-electron chi connectivity index (χ2n) is 4.72. The molecule has 0 bridgehead atoms. The summed E-state index contributed by atoms with van der Waals surface area (Å²) in [5.41, 5.74) is 2.00. The quantitative estimate of drug-likeness (QED) is 0.761. The largest absolute Gasteiger partial charge is 0.325 e. The molecule has 1 aromatic carbocycles. The van der Waals surface area contributed by atoms with Crippen LogP contribution in [0.2, 0.25) is 0 Å². The zero-order chi connectivity index (χ0) is 14.5. The van der Waals surface area contributed by atoms with Gasteiger partial charge in [0.1, 0.15) is 0 Å². The van der Waals surface area contributed by atoms with Gasteiger partial charge >= 0.3 is 0 Å². The minimum Gasteiger partial charge on any atom is -0.325 e. The molecule has 0 aliphatic heterocycles. The number of anilines is 1. The smallest absolute Gasteiger partial charge is 0.238 e. The van der Waals surface area contributed by atoms with E-state index in [0.717, 1.165) is 16.5 Å². The monoisotopic (exact) mass is 297 g/mol. The Morgan fingerprint density at radius 2 is 2.14 bits per heavy atom. The van der Waals surface area contributed by atoms with Gasteiger partial charge in [-0.1, -0.05) is 6.07 Å². The minimum absolute atomic E-state index is 0.0429. The van der Waals surface area contributed by atoms with Gasteiger partial charge in [0.05, 0.1) is 6.54 Å². The number of aromatic nitrogens is 1. The average molecular weight is 297 g/mol. The Kier molecular flexibility index (Phi) is 4.23. The number of carbonyl (C=O) groups is 1. The van der Waals surface area contributed by atoms with E-state index in [1.807, 2.05) is 41.9 Å². The third kappa shape index (κ3) is 3.65. The van der Waals surface area contributed by atoms with E-state index in [4.69, 9.17) is 0 Å². The maximum atomic E-state index is 11.9. The highest BCUT2D eigenvalue weighted by molar-refractivity contribution is 7.07. The number of pyridine rings is 1. The van der Waals surface area contributed by atoms with E-state index in [9.17, 15) is 4.79 Å². The standard InChI is InChI=1S/C16H15N3OS/c20-16(10-18-8-12-4-6-21-11-12)19-15-2-1-14-9-17-5-3-13(14)7-15/h1-7,9,11,18H,8,10H2,(H,19,20). The van der Waals surface area contributed by atoms with Gasteiger partial charge in [0.2, 0.25) is 5.91 Å². The fourth-order valence-corrected chi connectivity index (χ4v) is 2.75. The maximum Gasteiger partial charge on any atom is 0.238 e. The van der Waals surface area contributed by atoms with Gasteiger partial charge in [-0.15, -0.1) is 0 Å². The maximum absolute atomic E-state index is 11.9. The van der Waals surface area contributed by atoms with Crippen molar-refractivity contribution in [2.45, 2.75) is 6.54 Å². The van der Waals surface area contributed by atoms with Crippen LogP contribution in [-0.2, 0) is 11.3 Å². The van der Waals surface area contributed by atoms with Crippen LogP contribution < -0.4 is 10.6 Å². The molecule has 2 heterocycles. The number of carbonyl (C=O) groups excluding carboxylic acids is 1. The Labute approximate surface area is 126 Å². The molecule has 5 heteroatoms. The molecule has 2 N–H and O–H groups in total. The lowest BCUT2D eigenvalue weighted by Crippen LogP contribution is -2.27. The summed E-state index contributed by atoms with van der Waals surface area (Å²) in [6, 6.07) is 9.78. The van der Waals surface area contributed by atoms with Gasteiger partial charge < -0.3 is 10.6 Å². The first-order valence-corrected chi connectivity index (χ1v) is 7.61. The predicted octanol–water partition coefficient (Wildman–Crippen LogP) is 3.02. The van der Waals surface area contributed by atoms with Crippen molar-refractivity contribution in [1.29, 1.82) is 0 Å². The molecule has 1 amide bonds. The predicted molar refractivity (Wildman–Crippen MR) is 86.4 cm³/mol. The third-order valence-corrected chi connectivity index (χ3v) is 3.85. The van der Waals surface area contributed by atoms with Crippen LogP contribution in [-0.4, -0.2) is 17.4 Å². The molecule has 3 rings (SSSR count). The number of thiophene rings is 1. The van der Waals surface area contributed by atoms with Crippen molar-refractivity contribution in [1.82, 2.24) is 10.3 Å². The first-order valence-electron chi connectivity index (χ1n) is 6.67. The molecule has 2 aromatic heterocycles. The number of hydrogen-bond acceptors (Lipinski definition) is 4. The zero-order valence-electron chi connectivity index (χ0n) is 11.4. The molecule has 3 aromatic rings. The molecule has 0 aliphatic rings. The molecule has 106 valence electrons. The van der Waals surface area contributed by atoms with Gasteiger partial charge in [0.15, 0.2) is 0 Å². The number of nitrogens with zero attached hydrogens (tertiary/aromatic N) is 1. The summed E-state index contributed by atoms with van der Waals surface area (Å²) in [6.07, 6.45) is 3.56. The van der Waals surface area contributed by atoms with E-state index in [1.165, 1.54) is 5.56 Å². The molecule has 0 radical (unpaired) electrons. The first kappa shape index (κ1) is 13.7. The molecule has 0 saturated carbocycles. The highest BCUT2D eigenvalue weighted by Crippen LogP contribution is 2.17.